The van der Waals surface area contributed by atoms with Gasteiger partial charge < -0.3 is 9.73 Å². The molecule has 6 heteroatoms. The molecular weight excluding hydrogens is 302 g/mol. The molecule has 0 aliphatic rings. The molecule has 1 heterocycles. The van der Waals surface area contributed by atoms with Crippen molar-refractivity contribution in [3.63, 3.8) is 0 Å². The molecule has 3 nitrogen and oxygen atoms in total. The van der Waals surface area contributed by atoms with Crippen molar-refractivity contribution in [1.29, 1.82) is 0 Å². The fraction of sp³-hybridized carbons (Fsp3) is 0.0714. The van der Waals surface area contributed by atoms with Gasteiger partial charge in [0.15, 0.2) is 5.58 Å². The number of hydrogen-bond donors (Lipinski definition) is 1. The van der Waals surface area contributed by atoms with E-state index < -0.39 is 5.82 Å². The Morgan fingerprint density at radius 2 is 2.05 bits per heavy atom. The predicted octanol–water partition coefficient (Wildman–Crippen LogP) is 4.89. The molecule has 1 aromatic heterocycles. The molecular formula is C14H9Cl2FN2O. The standard InChI is InChI=1S/C14H9Cl2FN2O/c15-8-2-1-3-9(4-8)18-7-14-19-12-5-10(16)11(17)6-13(12)20-14/h1-6,18H,7H2. The normalized spacial score (nSPS) is 10.9. The van der Waals surface area contributed by atoms with Crippen molar-refractivity contribution in [3.05, 3.63) is 58.2 Å². The third-order valence-corrected chi connectivity index (χ3v) is 3.27. The monoisotopic (exact) mass is 310 g/mol. The largest absolute Gasteiger partial charge is 0.439 e. The van der Waals surface area contributed by atoms with Gasteiger partial charge in [-0.2, -0.15) is 0 Å². The summed E-state index contributed by atoms with van der Waals surface area (Å²) in [6.45, 7) is 0.369. The van der Waals surface area contributed by atoms with Crippen LogP contribution in [0.2, 0.25) is 10.0 Å². The molecule has 0 amide bonds. The van der Waals surface area contributed by atoms with E-state index in [0.717, 1.165) is 5.69 Å². The van der Waals surface area contributed by atoms with Crippen LogP contribution >= 0.6 is 23.2 Å². The summed E-state index contributed by atoms with van der Waals surface area (Å²) in [6, 6.07) is 9.97. The van der Waals surface area contributed by atoms with E-state index in [1.165, 1.54) is 12.1 Å². The van der Waals surface area contributed by atoms with Gasteiger partial charge in [-0.3, -0.25) is 0 Å². The first kappa shape index (κ1) is 13.2. The number of fused-ring (bicyclic) bond motifs is 1. The van der Waals surface area contributed by atoms with Crippen LogP contribution in [0.4, 0.5) is 10.1 Å². The Labute approximate surface area is 124 Å². The zero-order valence-corrected chi connectivity index (χ0v) is 11.7. The topological polar surface area (TPSA) is 38.1 Å². The van der Waals surface area contributed by atoms with Gasteiger partial charge in [0.1, 0.15) is 11.3 Å². The molecule has 0 saturated carbocycles. The van der Waals surface area contributed by atoms with Gasteiger partial charge in [0.2, 0.25) is 5.89 Å². The number of anilines is 1. The second-order valence-corrected chi connectivity index (χ2v) is 5.05. The number of rotatable bonds is 3. The second kappa shape index (κ2) is 5.31. The molecule has 0 bridgehead atoms. The highest BCUT2D eigenvalue weighted by Crippen LogP contribution is 2.24. The third kappa shape index (κ3) is 2.71. The van der Waals surface area contributed by atoms with Gasteiger partial charge in [-0.05, 0) is 24.3 Å². The van der Waals surface area contributed by atoms with Crippen LogP contribution in [0.25, 0.3) is 11.1 Å². The lowest BCUT2D eigenvalue weighted by molar-refractivity contribution is 0.537. The van der Waals surface area contributed by atoms with Gasteiger partial charge in [0.05, 0.1) is 11.6 Å². The highest BCUT2D eigenvalue weighted by Gasteiger charge is 2.09. The average molecular weight is 311 g/mol. The first-order valence-corrected chi connectivity index (χ1v) is 6.61. The summed E-state index contributed by atoms with van der Waals surface area (Å²) in [7, 11) is 0. The van der Waals surface area contributed by atoms with E-state index in [1.807, 2.05) is 12.1 Å². The molecule has 0 unspecified atom stereocenters. The minimum atomic E-state index is -0.523. The second-order valence-electron chi connectivity index (χ2n) is 4.21. The summed E-state index contributed by atoms with van der Waals surface area (Å²) in [5.41, 5.74) is 1.75. The molecule has 0 saturated heterocycles. The van der Waals surface area contributed by atoms with Gasteiger partial charge in [0, 0.05) is 16.8 Å². The maximum Gasteiger partial charge on any atom is 0.214 e. The average Bonchev–Trinajstić information content (AvgIpc) is 2.79. The molecule has 0 aliphatic carbocycles. The minimum Gasteiger partial charge on any atom is -0.439 e. The highest BCUT2D eigenvalue weighted by molar-refractivity contribution is 6.31. The van der Waals surface area contributed by atoms with E-state index in [1.54, 1.807) is 12.1 Å². The molecule has 102 valence electrons. The molecule has 0 fully saturated rings. The Morgan fingerprint density at radius 1 is 1.20 bits per heavy atom. The Hall–Kier alpha value is -1.78. The van der Waals surface area contributed by atoms with Crippen molar-refractivity contribution < 1.29 is 8.81 Å². The van der Waals surface area contributed by atoms with Crippen molar-refractivity contribution in [2.24, 2.45) is 0 Å². The van der Waals surface area contributed by atoms with Crippen LogP contribution in [0.3, 0.4) is 0 Å². The zero-order valence-electron chi connectivity index (χ0n) is 10.2. The van der Waals surface area contributed by atoms with Crippen molar-refractivity contribution in [2.75, 3.05) is 5.32 Å². The van der Waals surface area contributed by atoms with Crippen LogP contribution in [-0.4, -0.2) is 4.98 Å². The van der Waals surface area contributed by atoms with Crippen LogP contribution in [0.15, 0.2) is 40.8 Å². The summed E-state index contributed by atoms with van der Waals surface area (Å²) < 4.78 is 18.8. The van der Waals surface area contributed by atoms with Gasteiger partial charge in [0.25, 0.3) is 0 Å². The molecule has 3 rings (SSSR count). The van der Waals surface area contributed by atoms with Crippen LogP contribution in [0.1, 0.15) is 5.89 Å². The number of hydrogen-bond acceptors (Lipinski definition) is 3. The van der Waals surface area contributed by atoms with E-state index in [-0.39, 0.29) is 5.02 Å². The van der Waals surface area contributed by atoms with Crippen LogP contribution in [0, 0.1) is 5.82 Å². The number of aromatic nitrogens is 1. The molecule has 1 N–H and O–H groups in total. The summed E-state index contributed by atoms with van der Waals surface area (Å²) in [6.07, 6.45) is 0. The van der Waals surface area contributed by atoms with Crippen LogP contribution < -0.4 is 5.32 Å². The summed E-state index contributed by atoms with van der Waals surface area (Å²) in [5.74, 6) is -0.0775. The van der Waals surface area contributed by atoms with E-state index >= 15 is 0 Å². The number of nitrogens with zero attached hydrogens (tertiary/aromatic N) is 1. The highest BCUT2D eigenvalue weighted by atomic mass is 35.5. The van der Waals surface area contributed by atoms with Crippen LogP contribution in [-0.2, 0) is 6.54 Å². The lowest BCUT2D eigenvalue weighted by Gasteiger charge is -2.03. The van der Waals surface area contributed by atoms with E-state index in [4.69, 9.17) is 27.6 Å². The van der Waals surface area contributed by atoms with Crippen LogP contribution in [0.5, 0.6) is 0 Å². The quantitative estimate of drug-likeness (QED) is 0.748. The smallest absolute Gasteiger partial charge is 0.214 e. The van der Waals surface area contributed by atoms with Gasteiger partial charge in [-0.25, -0.2) is 9.37 Å². The summed E-state index contributed by atoms with van der Waals surface area (Å²) >= 11 is 11.6. The zero-order chi connectivity index (χ0) is 14.1. The maximum absolute atomic E-state index is 13.3. The summed E-state index contributed by atoms with van der Waals surface area (Å²) in [4.78, 5) is 4.24. The lowest BCUT2D eigenvalue weighted by Crippen LogP contribution is -1.99. The Morgan fingerprint density at radius 3 is 2.85 bits per heavy atom. The van der Waals surface area contributed by atoms with Gasteiger partial charge >= 0.3 is 0 Å². The Balaban J connectivity index is 1.81. The van der Waals surface area contributed by atoms with Gasteiger partial charge in [-0.15, -0.1) is 0 Å². The third-order valence-electron chi connectivity index (χ3n) is 2.74. The van der Waals surface area contributed by atoms with Crippen molar-refractivity contribution >= 4 is 40.0 Å². The van der Waals surface area contributed by atoms with Crippen molar-refractivity contribution in [2.45, 2.75) is 6.54 Å². The van der Waals surface area contributed by atoms with Gasteiger partial charge in [-0.1, -0.05) is 29.3 Å². The lowest BCUT2D eigenvalue weighted by atomic mass is 10.3. The Bertz CT molecular complexity index is 734. The first-order valence-electron chi connectivity index (χ1n) is 5.86. The van der Waals surface area contributed by atoms with E-state index in [2.05, 4.69) is 10.3 Å². The molecule has 2 aromatic carbocycles. The molecule has 20 heavy (non-hydrogen) atoms. The summed E-state index contributed by atoms with van der Waals surface area (Å²) in [5, 5.41) is 3.79. The number of oxazole rings is 1. The minimum absolute atomic E-state index is 0.0279. The molecule has 3 aromatic rings. The van der Waals surface area contributed by atoms with E-state index in [0.29, 0.717) is 28.6 Å². The fourth-order valence-corrected chi connectivity index (χ4v) is 2.17. The fourth-order valence-electron chi connectivity index (χ4n) is 1.82. The number of benzene rings is 2. The van der Waals surface area contributed by atoms with Crippen molar-refractivity contribution in [3.8, 4) is 0 Å². The maximum atomic E-state index is 13.3. The van der Waals surface area contributed by atoms with E-state index in [9.17, 15) is 4.39 Å². The number of halogens is 3. The molecule has 0 spiro atoms. The first-order chi connectivity index (χ1) is 9.61. The predicted molar refractivity (Wildman–Crippen MR) is 77.8 cm³/mol. The SMILES string of the molecule is Fc1cc2oc(CNc3cccc(Cl)c3)nc2cc1Cl. The van der Waals surface area contributed by atoms with Crippen molar-refractivity contribution in [1.82, 2.24) is 4.98 Å². The molecule has 0 radical (unpaired) electrons. The number of nitrogens with one attached hydrogen (secondary N) is 1. The molecule has 0 aliphatic heterocycles. The molecule has 0 atom stereocenters. The Kier molecular flexibility index (Phi) is 3.51.